The molecule has 3 aliphatic carbocycles. The highest BCUT2D eigenvalue weighted by molar-refractivity contribution is 5.84. The van der Waals surface area contributed by atoms with E-state index < -0.39 is 11.0 Å². The van der Waals surface area contributed by atoms with Gasteiger partial charge in [0, 0.05) is 55.4 Å². The number of carbonyl (C=O) groups excluding carboxylic acids is 1. The molecule has 1 heterocycles. The summed E-state index contributed by atoms with van der Waals surface area (Å²) in [5.41, 5.74) is 5.34. The number of aliphatic hydroxyl groups is 1. The molecule has 2 aromatic rings. The van der Waals surface area contributed by atoms with Gasteiger partial charge in [-0.3, -0.25) is 4.79 Å². The lowest BCUT2D eigenvalue weighted by molar-refractivity contribution is -0.119. The summed E-state index contributed by atoms with van der Waals surface area (Å²) in [5, 5.41) is 12.2. The van der Waals surface area contributed by atoms with Crippen molar-refractivity contribution in [2.24, 2.45) is 11.3 Å². The van der Waals surface area contributed by atoms with Crippen molar-refractivity contribution >= 4 is 11.5 Å². The lowest BCUT2D eigenvalue weighted by Gasteiger charge is -2.52. The van der Waals surface area contributed by atoms with Crippen LogP contribution in [0.5, 0.6) is 5.75 Å². The Hall–Kier alpha value is -3.49. The van der Waals surface area contributed by atoms with Gasteiger partial charge in [0.15, 0.2) is 0 Å². The van der Waals surface area contributed by atoms with Gasteiger partial charge in [-0.05, 0) is 84.4 Å². The van der Waals surface area contributed by atoms with E-state index in [4.69, 9.17) is 9.47 Å². The van der Waals surface area contributed by atoms with E-state index in [9.17, 15) is 9.90 Å². The molecule has 202 valence electrons. The lowest BCUT2D eigenvalue weighted by Crippen LogP contribution is -2.53. The first kappa shape index (κ1) is 25.8. The Morgan fingerprint density at radius 1 is 1.08 bits per heavy atom. The summed E-state index contributed by atoms with van der Waals surface area (Å²) in [6, 6.07) is 16.4. The maximum absolute atomic E-state index is 12.3. The highest BCUT2D eigenvalue weighted by Gasteiger charge is 2.63. The summed E-state index contributed by atoms with van der Waals surface area (Å²) in [5.74, 6) is 7.90. The predicted molar refractivity (Wildman–Crippen MR) is 153 cm³/mol. The number of benzene rings is 2. The average molecular weight is 524 g/mol. The Morgan fingerprint density at radius 3 is 2.51 bits per heavy atom. The van der Waals surface area contributed by atoms with Crippen LogP contribution in [0.15, 0.2) is 71.5 Å². The zero-order valence-electron chi connectivity index (χ0n) is 23.3. The minimum absolute atomic E-state index is 0.0896. The number of carbonyl (C=O) groups is 1. The number of hydrogen-bond donors (Lipinski definition) is 1. The highest BCUT2D eigenvalue weighted by Crippen LogP contribution is 2.64. The first-order valence-electron chi connectivity index (χ1n) is 14.0. The van der Waals surface area contributed by atoms with Gasteiger partial charge in [-0.25, -0.2) is 0 Å². The second-order valence-electron chi connectivity index (χ2n) is 12.0. The molecule has 5 nitrogen and oxygen atoms in total. The van der Waals surface area contributed by atoms with Crippen LogP contribution >= 0.6 is 0 Å². The largest absolute Gasteiger partial charge is 0.497 e. The summed E-state index contributed by atoms with van der Waals surface area (Å²) >= 11 is 0. The van der Waals surface area contributed by atoms with Gasteiger partial charge in [0.25, 0.3) is 0 Å². The van der Waals surface area contributed by atoms with Gasteiger partial charge in [-0.2, -0.15) is 0 Å². The quantitative estimate of drug-likeness (QED) is 0.517. The molecule has 5 heteroatoms. The van der Waals surface area contributed by atoms with E-state index in [1.807, 2.05) is 44.6 Å². The van der Waals surface area contributed by atoms with Crippen LogP contribution in [-0.2, 0) is 9.53 Å². The van der Waals surface area contributed by atoms with Crippen LogP contribution in [0.4, 0.5) is 5.69 Å². The van der Waals surface area contributed by atoms with Crippen molar-refractivity contribution in [3.05, 3.63) is 82.6 Å². The molecule has 39 heavy (non-hydrogen) atoms. The number of fused-ring (bicyclic) bond motifs is 4. The Kier molecular flexibility index (Phi) is 6.35. The number of methoxy groups -OCH3 is 1. The summed E-state index contributed by atoms with van der Waals surface area (Å²) in [4.78, 5) is 14.4. The Labute approximate surface area is 231 Å². The van der Waals surface area contributed by atoms with Crippen molar-refractivity contribution < 1.29 is 19.4 Å². The van der Waals surface area contributed by atoms with Gasteiger partial charge < -0.3 is 19.5 Å². The van der Waals surface area contributed by atoms with Gasteiger partial charge in [0.05, 0.1) is 13.4 Å². The molecule has 0 saturated heterocycles. The first-order valence-corrected chi connectivity index (χ1v) is 14.0. The maximum atomic E-state index is 12.3. The number of rotatable bonds is 3. The number of hydrogen-bond acceptors (Lipinski definition) is 5. The van der Waals surface area contributed by atoms with E-state index in [-0.39, 0.29) is 23.7 Å². The molecule has 5 atom stereocenters. The lowest BCUT2D eigenvalue weighted by atomic mass is 9.55. The SMILES string of the molecule is COc1ccc(C#C[C@]2(O)CC[C@H]3[C@@H]4OC=C5CC(=O)CCC5=C4[C@@H](c4ccc(N(C)C)cc4)C[C@@]32C)cc1. The first-order chi connectivity index (χ1) is 18.7. The molecule has 4 aliphatic rings. The van der Waals surface area contributed by atoms with Crippen molar-refractivity contribution in [3.63, 3.8) is 0 Å². The fraction of sp³-hybridized carbons (Fsp3) is 0.441. The van der Waals surface area contributed by atoms with Crippen LogP contribution in [-0.4, -0.2) is 43.8 Å². The zero-order valence-corrected chi connectivity index (χ0v) is 23.3. The van der Waals surface area contributed by atoms with E-state index in [1.54, 1.807) is 7.11 Å². The van der Waals surface area contributed by atoms with Crippen LogP contribution in [0.1, 0.15) is 62.5 Å². The Balaban J connectivity index is 1.42. The molecular formula is C34H37NO4. The second kappa shape index (κ2) is 9.61. The van der Waals surface area contributed by atoms with Crippen LogP contribution in [0, 0.1) is 23.2 Å². The molecule has 6 rings (SSSR count). The minimum atomic E-state index is -1.13. The van der Waals surface area contributed by atoms with Gasteiger partial charge in [0.1, 0.15) is 23.2 Å². The van der Waals surface area contributed by atoms with Crippen molar-refractivity contribution in [2.75, 3.05) is 26.1 Å². The molecule has 2 aromatic carbocycles. The van der Waals surface area contributed by atoms with E-state index in [0.29, 0.717) is 19.3 Å². The van der Waals surface area contributed by atoms with Crippen molar-refractivity contribution in [2.45, 2.75) is 63.1 Å². The van der Waals surface area contributed by atoms with Gasteiger partial charge in [-0.15, -0.1) is 0 Å². The molecule has 3 saturated carbocycles. The molecule has 0 aromatic heterocycles. The van der Waals surface area contributed by atoms with Gasteiger partial charge >= 0.3 is 0 Å². The summed E-state index contributed by atoms with van der Waals surface area (Å²) < 4.78 is 11.8. The zero-order chi connectivity index (χ0) is 27.4. The normalized spacial score (nSPS) is 31.2. The standard InChI is InChI=1S/C34H37NO4/c1-33-20-29(23-7-9-25(10-8-23)35(2)3)31-28-14-11-26(36)19-24(28)21-39-32(31)30(33)16-18-34(33,37)17-15-22-5-12-27(38-4)13-6-22/h5-10,12-13,21,29-30,32,37H,11,14,16,18-20H2,1-4H3/t29-,30+,32+,33+,34+/m1/s1. The molecule has 3 fully saturated rings. The second-order valence-corrected chi connectivity index (χ2v) is 12.0. The summed E-state index contributed by atoms with van der Waals surface area (Å²) in [7, 11) is 5.75. The van der Waals surface area contributed by atoms with Crippen molar-refractivity contribution in [1.82, 2.24) is 0 Å². The molecular weight excluding hydrogens is 486 g/mol. The number of allylic oxidation sites excluding steroid dienone is 2. The van der Waals surface area contributed by atoms with Crippen molar-refractivity contribution in [1.29, 1.82) is 0 Å². The fourth-order valence-electron chi connectivity index (χ4n) is 7.37. The molecule has 0 spiro atoms. The number of nitrogens with zero attached hydrogens (tertiary/aromatic N) is 1. The third kappa shape index (κ3) is 4.26. The highest BCUT2D eigenvalue weighted by atomic mass is 16.5. The van der Waals surface area contributed by atoms with Gasteiger partial charge in [0.2, 0.25) is 0 Å². The smallest absolute Gasteiger partial charge is 0.137 e. The van der Waals surface area contributed by atoms with Gasteiger partial charge in [-0.1, -0.05) is 30.9 Å². The molecule has 0 amide bonds. The topological polar surface area (TPSA) is 59.0 Å². The fourth-order valence-corrected chi connectivity index (χ4v) is 7.37. The summed E-state index contributed by atoms with van der Waals surface area (Å²) in [6.45, 7) is 2.21. The Bertz CT molecular complexity index is 1410. The molecule has 0 radical (unpaired) electrons. The molecule has 0 bridgehead atoms. The Morgan fingerprint density at radius 2 is 1.82 bits per heavy atom. The number of ether oxygens (including phenoxy) is 2. The molecule has 1 N–H and O–H groups in total. The third-order valence-corrected chi connectivity index (χ3v) is 9.71. The van der Waals surface area contributed by atoms with E-state index in [0.717, 1.165) is 41.8 Å². The van der Waals surface area contributed by atoms with Crippen molar-refractivity contribution in [3.8, 4) is 17.6 Å². The maximum Gasteiger partial charge on any atom is 0.137 e. The molecule has 1 aliphatic heterocycles. The van der Waals surface area contributed by atoms with E-state index in [1.165, 1.54) is 16.7 Å². The number of ketones is 1. The van der Waals surface area contributed by atoms with Crippen LogP contribution in [0.25, 0.3) is 0 Å². The van der Waals surface area contributed by atoms with E-state index in [2.05, 4.69) is 47.9 Å². The minimum Gasteiger partial charge on any atom is -0.497 e. The monoisotopic (exact) mass is 523 g/mol. The number of Topliss-reactive ketones (excluding diaryl/α,β-unsaturated/α-hetero) is 1. The summed E-state index contributed by atoms with van der Waals surface area (Å²) in [6.07, 6.45) is 5.79. The molecule has 0 unspecified atom stereocenters. The third-order valence-electron chi connectivity index (χ3n) is 9.71. The van der Waals surface area contributed by atoms with E-state index >= 15 is 0 Å². The van der Waals surface area contributed by atoms with Crippen LogP contribution < -0.4 is 9.64 Å². The van der Waals surface area contributed by atoms with Crippen LogP contribution in [0.2, 0.25) is 0 Å². The average Bonchev–Trinajstić information content (AvgIpc) is 3.21. The number of anilines is 1. The van der Waals surface area contributed by atoms with Crippen LogP contribution in [0.3, 0.4) is 0 Å². The predicted octanol–water partition coefficient (Wildman–Crippen LogP) is 5.78.